The molecule has 0 aliphatic heterocycles. The van der Waals surface area contributed by atoms with E-state index in [1.54, 1.807) is 0 Å². The Labute approximate surface area is 133 Å². The molecule has 0 N–H and O–H groups in total. The fourth-order valence-electron chi connectivity index (χ4n) is 2.16. The fraction of sp³-hybridized carbons (Fsp3) is 0.368. The fourth-order valence-corrected chi connectivity index (χ4v) is 2.16. The summed E-state index contributed by atoms with van der Waals surface area (Å²) in [5.41, 5.74) is 0. The molecule has 0 fully saturated rings. The summed E-state index contributed by atoms with van der Waals surface area (Å²) in [5.74, 6) is 2.39. The van der Waals surface area contributed by atoms with Gasteiger partial charge >= 0.3 is 0 Å². The van der Waals surface area contributed by atoms with Gasteiger partial charge in [-0.1, -0.05) is 30.3 Å². The Morgan fingerprint density at radius 3 is 2.18 bits per heavy atom. The van der Waals surface area contributed by atoms with Crippen LogP contribution in [0.4, 0.5) is 0 Å². The van der Waals surface area contributed by atoms with E-state index in [9.17, 15) is 0 Å². The maximum atomic E-state index is 5.89. The molecule has 0 aliphatic rings. The Kier molecular flexibility index (Phi) is 6.78. The lowest BCUT2D eigenvalue weighted by molar-refractivity contribution is 0.287. The van der Waals surface area contributed by atoms with E-state index in [-0.39, 0.29) is 0 Å². The van der Waals surface area contributed by atoms with Crippen molar-refractivity contribution in [3.05, 3.63) is 54.6 Å². The summed E-state index contributed by atoms with van der Waals surface area (Å²) >= 11 is 0. The minimum Gasteiger partial charge on any atom is -0.490 e. The Bertz CT molecular complexity index is 540. The van der Waals surface area contributed by atoms with Gasteiger partial charge in [-0.05, 0) is 64.2 Å². The van der Waals surface area contributed by atoms with E-state index in [0.717, 1.165) is 36.8 Å². The van der Waals surface area contributed by atoms with Gasteiger partial charge in [-0.25, -0.2) is 0 Å². The van der Waals surface area contributed by atoms with Crippen molar-refractivity contribution in [3.63, 3.8) is 0 Å². The molecular formula is C19H25NO2. The Morgan fingerprint density at radius 2 is 1.45 bits per heavy atom. The van der Waals surface area contributed by atoms with Crippen LogP contribution in [0.2, 0.25) is 0 Å². The molecule has 0 radical (unpaired) electrons. The van der Waals surface area contributed by atoms with E-state index in [1.165, 1.54) is 12.8 Å². The molecule has 0 bridgehead atoms. The predicted molar refractivity (Wildman–Crippen MR) is 90.9 cm³/mol. The molecule has 0 amide bonds. The summed E-state index contributed by atoms with van der Waals surface area (Å²) in [5, 5.41) is 0. The quantitative estimate of drug-likeness (QED) is 0.632. The maximum Gasteiger partial charge on any atom is 0.169 e. The molecular weight excluding hydrogens is 274 g/mol. The summed E-state index contributed by atoms with van der Waals surface area (Å²) in [6.07, 6.45) is 3.45. The lowest BCUT2D eigenvalue weighted by atomic mass is 10.2. The average Bonchev–Trinajstić information content (AvgIpc) is 2.53. The number of unbranched alkanes of at least 4 members (excludes halogenated alkanes) is 2. The molecule has 0 heterocycles. The molecule has 3 nitrogen and oxygen atoms in total. The summed E-state index contributed by atoms with van der Waals surface area (Å²) in [6, 6.07) is 17.6. The van der Waals surface area contributed by atoms with Gasteiger partial charge in [-0.15, -0.1) is 0 Å². The highest BCUT2D eigenvalue weighted by molar-refractivity contribution is 5.42. The number of para-hydroxylation sites is 3. The molecule has 0 aliphatic carbocycles. The van der Waals surface area contributed by atoms with Crippen LogP contribution >= 0.6 is 0 Å². The van der Waals surface area contributed by atoms with Crippen molar-refractivity contribution in [3.8, 4) is 17.2 Å². The zero-order valence-electron chi connectivity index (χ0n) is 13.5. The second-order valence-corrected chi connectivity index (χ2v) is 5.57. The molecule has 0 atom stereocenters. The topological polar surface area (TPSA) is 21.7 Å². The van der Waals surface area contributed by atoms with Crippen LogP contribution in [-0.4, -0.2) is 32.1 Å². The van der Waals surface area contributed by atoms with Gasteiger partial charge in [-0.3, -0.25) is 0 Å². The summed E-state index contributed by atoms with van der Waals surface area (Å²) < 4.78 is 11.8. The monoisotopic (exact) mass is 299 g/mol. The second kappa shape index (κ2) is 9.11. The first-order chi connectivity index (χ1) is 10.8. The van der Waals surface area contributed by atoms with Gasteiger partial charge in [0.05, 0.1) is 6.61 Å². The third kappa shape index (κ3) is 5.78. The molecule has 22 heavy (non-hydrogen) atoms. The highest BCUT2D eigenvalue weighted by atomic mass is 16.5. The van der Waals surface area contributed by atoms with Crippen molar-refractivity contribution < 1.29 is 9.47 Å². The van der Waals surface area contributed by atoms with E-state index in [0.29, 0.717) is 0 Å². The van der Waals surface area contributed by atoms with E-state index in [2.05, 4.69) is 19.0 Å². The van der Waals surface area contributed by atoms with Crippen LogP contribution in [0.5, 0.6) is 17.2 Å². The van der Waals surface area contributed by atoms with E-state index in [1.807, 2.05) is 54.6 Å². The smallest absolute Gasteiger partial charge is 0.169 e. The number of rotatable bonds is 9. The van der Waals surface area contributed by atoms with Gasteiger partial charge in [0.2, 0.25) is 0 Å². The molecule has 2 aromatic carbocycles. The van der Waals surface area contributed by atoms with Crippen LogP contribution in [-0.2, 0) is 0 Å². The van der Waals surface area contributed by atoms with E-state index < -0.39 is 0 Å². The maximum absolute atomic E-state index is 5.89. The van der Waals surface area contributed by atoms with E-state index in [4.69, 9.17) is 9.47 Å². The molecule has 2 rings (SSSR count). The SMILES string of the molecule is CN(C)CCCCCOc1ccccc1Oc1ccccc1. The molecule has 2 aromatic rings. The molecule has 3 heteroatoms. The third-order valence-electron chi connectivity index (χ3n) is 3.33. The van der Waals surface area contributed by atoms with E-state index >= 15 is 0 Å². The average molecular weight is 299 g/mol. The van der Waals surface area contributed by atoms with Crippen molar-refractivity contribution in [1.82, 2.24) is 4.90 Å². The third-order valence-corrected chi connectivity index (χ3v) is 3.33. The highest BCUT2D eigenvalue weighted by Gasteiger charge is 2.05. The number of nitrogens with zero attached hydrogens (tertiary/aromatic N) is 1. The minimum absolute atomic E-state index is 0.725. The first kappa shape index (κ1) is 16.4. The Balaban J connectivity index is 1.81. The number of ether oxygens (including phenoxy) is 2. The predicted octanol–water partition coefficient (Wildman–Crippen LogP) is 4.59. The Morgan fingerprint density at radius 1 is 0.773 bits per heavy atom. The summed E-state index contributed by atoms with van der Waals surface area (Å²) in [7, 11) is 4.21. The number of benzene rings is 2. The van der Waals surface area contributed by atoms with Gasteiger partial charge in [0.1, 0.15) is 5.75 Å². The van der Waals surface area contributed by atoms with Crippen LogP contribution in [0.1, 0.15) is 19.3 Å². The molecule has 0 saturated heterocycles. The van der Waals surface area contributed by atoms with Gasteiger partial charge in [-0.2, -0.15) is 0 Å². The normalized spacial score (nSPS) is 10.7. The van der Waals surface area contributed by atoms with Crippen molar-refractivity contribution in [2.24, 2.45) is 0 Å². The lowest BCUT2D eigenvalue weighted by Gasteiger charge is -2.13. The molecule has 0 unspecified atom stereocenters. The standard InChI is InChI=1S/C19H25NO2/c1-20(2)15-9-4-10-16-21-18-13-7-8-14-19(18)22-17-11-5-3-6-12-17/h3,5-8,11-14H,4,9-10,15-16H2,1-2H3. The summed E-state index contributed by atoms with van der Waals surface area (Å²) in [4.78, 5) is 2.21. The van der Waals surface area contributed by atoms with Gasteiger partial charge in [0.25, 0.3) is 0 Å². The molecule has 0 spiro atoms. The van der Waals surface area contributed by atoms with Gasteiger partial charge < -0.3 is 14.4 Å². The van der Waals surface area contributed by atoms with Crippen LogP contribution in [0.15, 0.2) is 54.6 Å². The Hall–Kier alpha value is -2.00. The van der Waals surface area contributed by atoms with Crippen molar-refractivity contribution in [2.75, 3.05) is 27.2 Å². The zero-order chi connectivity index (χ0) is 15.6. The summed E-state index contributed by atoms with van der Waals surface area (Å²) in [6.45, 7) is 1.86. The second-order valence-electron chi connectivity index (χ2n) is 5.57. The van der Waals surface area contributed by atoms with Gasteiger partial charge in [0.15, 0.2) is 11.5 Å². The van der Waals surface area contributed by atoms with Crippen LogP contribution in [0.3, 0.4) is 0 Å². The van der Waals surface area contributed by atoms with Crippen LogP contribution in [0, 0.1) is 0 Å². The van der Waals surface area contributed by atoms with Crippen molar-refractivity contribution >= 4 is 0 Å². The number of hydrogen-bond donors (Lipinski definition) is 0. The molecule has 0 saturated carbocycles. The van der Waals surface area contributed by atoms with Crippen molar-refractivity contribution in [2.45, 2.75) is 19.3 Å². The number of hydrogen-bond acceptors (Lipinski definition) is 3. The first-order valence-electron chi connectivity index (χ1n) is 7.85. The highest BCUT2D eigenvalue weighted by Crippen LogP contribution is 2.31. The minimum atomic E-state index is 0.725. The largest absolute Gasteiger partial charge is 0.490 e. The lowest BCUT2D eigenvalue weighted by Crippen LogP contribution is -2.13. The molecule has 0 aromatic heterocycles. The molecule has 118 valence electrons. The first-order valence-corrected chi connectivity index (χ1v) is 7.85. The van der Waals surface area contributed by atoms with Crippen molar-refractivity contribution in [1.29, 1.82) is 0 Å². The van der Waals surface area contributed by atoms with Crippen LogP contribution in [0.25, 0.3) is 0 Å². The van der Waals surface area contributed by atoms with Gasteiger partial charge in [0, 0.05) is 0 Å². The van der Waals surface area contributed by atoms with Crippen LogP contribution < -0.4 is 9.47 Å². The zero-order valence-corrected chi connectivity index (χ0v) is 13.5.